The predicted molar refractivity (Wildman–Crippen MR) is 101 cm³/mol. The van der Waals surface area contributed by atoms with Gasteiger partial charge in [0, 0.05) is 11.1 Å². The molecule has 0 aliphatic carbocycles. The number of primary amides is 1. The highest BCUT2D eigenvalue weighted by molar-refractivity contribution is 8.00. The third-order valence-electron chi connectivity index (χ3n) is 3.32. The van der Waals surface area contributed by atoms with Gasteiger partial charge in [0.1, 0.15) is 0 Å². The van der Waals surface area contributed by atoms with E-state index in [1.165, 1.54) is 36.6 Å². The number of rotatable bonds is 7. The van der Waals surface area contributed by atoms with Crippen LogP contribution in [0.4, 0.5) is 9.18 Å². The summed E-state index contributed by atoms with van der Waals surface area (Å²) < 4.78 is 27.9. The van der Waals surface area contributed by atoms with Crippen molar-refractivity contribution in [2.24, 2.45) is 16.6 Å². The molecule has 0 radical (unpaired) electrons. The zero-order valence-corrected chi connectivity index (χ0v) is 16.0. The molecule has 1 aromatic carbocycles. The minimum Gasteiger partial charge on any atom is -0.388 e. The van der Waals surface area contributed by atoms with Gasteiger partial charge in [-0.1, -0.05) is 35.3 Å². The Morgan fingerprint density at radius 3 is 2.38 bits per heavy atom. The maximum atomic E-state index is 13.2. The first-order chi connectivity index (χ1) is 12.1. The standard InChI is InChI=1S/C15H18Cl2FN3O4S/c1-2-26(25,21-15(19)24)11-5-3-9(4-6-11)12(22)10(7-18)8-20-14(23)13(16)17/h2-6,8,10,12-13,22H,7H2,1H3,(H3,19,21,24,25). The molecule has 0 aliphatic rings. The van der Waals surface area contributed by atoms with E-state index in [0.29, 0.717) is 5.56 Å². The molecule has 11 heteroatoms. The summed E-state index contributed by atoms with van der Waals surface area (Å²) >= 11 is 10.7. The summed E-state index contributed by atoms with van der Waals surface area (Å²) in [4.78, 5) is 24.5. The molecule has 1 rings (SSSR count). The number of nitrogens with one attached hydrogen (secondary N) is 1. The van der Waals surface area contributed by atoms with Gasteiger partial charge in [0.15, 0.2) is 4.84 Å². The van der Waals surface area contributed by atoms with Gasteiger partial charge in [-0.15, -0.1) is 0 Å². The van der Waals surface area contributed by atoms with Crippen LogP contribution in [0, 0.1) is 5.92 Å². The van der Waals surface area contributed by atoms with Crippen LogP contribution in [-0.2, 0) is 14.5 Å². The van der Waals surface area contributed by atoms with Crippen LogP contribution < -0.4 is 10.5 Å². The number of hydrogen-bond acceptors (Lipinski definition) is 4. The molecule has 7 nitrogen and oxygen atoms in total. The molecule has 0 aromatic heterocycles. The number of alkyl halides is 3. The van der Waals surface area contributed by atoms with Gasteiger partial charge in [0.25, 0.3) is 5.91 Å². The quantitative estimate of drug-likeness (QED) is 0.349. The van der Waals surface area contributed by atoms with E-state index in [-0.39, 0.29) is 4.90 Å². The minimum atomic E-state index is -3.01. The van der Waals surface area contributed by atoms with Gasteiger partial charge < -0.3 is 10.8 Å². The Morgan fingerprint density at radius 2 is 1.96 bits per heavy atom. The lowest BCUT2D eigenvalue weighted by Gasteiger charge is -2.18. The number of nitrogens with two attached hydrogens (primary N) is 1. The number of aliphatic hydroxyl groups is 1. The molecule has 26 heavy (non-hydrogen) atoms. The van der Waals surface area contributed by atoms with Crippen LogP contribution >= 0.6 is 23.2 Å². The maximum absolute atomic E-state index is 13.2. The van der Waals surface area contributed by atoms with Gasteiger partial charge in [-0.3, -0.25) is 13.9 Å². The Bertz CT molecular complexity index is 793. The molecule has 0 bridgehead atoms. The monoisotopic (exact) mass is 425 g/mol. The lowest BCUT2D eigenvalue weighted by Crippen LogP contribution is -2.35. The molecule has 3 amide bonds. The predicted octanol–water partition coefficient (Wildman–Crippen LogP) is 1.76. The number of amides is 3. The molecule has 0 heterocycles. The zero-order valence-electron chi connectivity index (χ0n) is 13.6. The van der Waals surface area contributed by atoms with E-state index in [0.717, 1.165) is 6.21 Å². The molecule has 0 spiro atoms. The number of carbonyl (C=O) groups is 2. The highest BCUT2D eigenvalue weighted by atomic mass is 35.5. The van der Waals surface area contributed by atoms with Crippen molar-refractivity contribution in [2.75, 3.05) is 6.67 Å². The highest BCUT2D eigenvalue weighted by Gasteiger charge is 2.21. The Morgan fingerprint density at radius 1 is 1.38 bits per heavy atom. The summed E-state index contributed by atoms with van der Waals surface area (Å²) in [5.74, 6) is -1.98. The van der Waals surface area contributed by atoms with Crippen LogP contribution in [0.3, 0.4) is 0 Å². The maximum Gasteiger partial charge on any atom is 0.323 e. The van der Waals surface area contributed by atoms with Crippen LogP contribution in [0.2, 0.25) is 0 Å². The van der Waals surface area contributed by atoms with Crippen molar-refractivity contribution >= 4 is 56.4 Å². The molecule has 0 saturated heterocycles. The summed E-state index contributed by atoms with van der Waals surface area (Å²) in [6.07, 6.45) is -0.378. The Labute approximate surface area is 160 Å². The van der Waals surface area contributed by atoms with E-state index in [2.05, 4.69) is 9.71 Å². The van der Waals surface area contributed by atoms with Crippen LogP contribution in [0.5, 0.6) is 0 Å². The van der Waals surface area contributed by atoms with Crippen molar-refractivity contribution in [1.82, 2.24) is 4.72 Å². The molecule has 0 saturated carbocycles. The molecule has 1 aromatic rings. The SMILES string of the molecule is CC=S(=O)(NC(N)=O)c1ccc(C(O)C(C=NC(=O)C(Cl)Cl)CF)cc1. The van der Waals surface area contributed by atoms with E-state index in [1.807, 2.05) is 0 Å². The number of hydrogen-bond donors (Lipinski definition) is 3. The van der Waals surface area contributed by atoms with E-state index in [4.69, 9.17) is 28.9 Å². The van der Waals surface area contributed by atoms with Crippen LogP contribution in [0.15, 0.2) is 34.2 Å². The Hall–Kier alpha value is -1.68. The number of nitrogens with zero attached hydrogens (tertiary/aromatic N) is 1. The molecule has 4 N–H and O–H groups in total. The topological polar surface area (TPSA) is 122 Å². The van der Waals surface area contributed by atoms with Crippen molar-refractivity contribution < 1.29 is 23.3 Å². The van der Waals surface area contributed by atoms with Gasteiger partial charge in [0.2, 0.25) is 0 Å². The van der Waals surface area contributed by atoms with Crippen molar-refractivity contribution in [1.29, 1.82) is 0 Å². The fraction of sp³-hybridized carbons (Fsp3) is 0.333. The summed E-state index contributed by atoms with van der Waals surface area (Å²) in [7, 11) is -3.01. The van der Waals surface area contributed by atoms with Crippen LogP contribution in [0.25, 0.3) is 0 Å². The van der Waals surface area contributed by atoms with E-state index < -0.39 is 45.2 Å². The number of aliphatic hydroxyl groups excluding tert-OH is 1. The van der Waals surface area contributed by atoms with Gasteiger partial charge >= 0.3 is 6.03 Å². The third-order valence-corrected chi connectivity index (χ3v) is 5.83. The largest absolute Gasteiger partial charge is 0.388 e. The summed E-state index contributed by atoms with van der Waals surface area (Å²) in [6, 6.07) is 4.68. The summed E-state index contributed by atoms with van der Waals surface area (Å²) in [6.45, 7) is 0.506. The minimum absolute atomic E-state index is 0.252. The number of carbonyl (C=O) groups excluding carboxylic acids is 2. The van der Waals surface area contributed by atoms with Crippen molar-refractivity contribution in [2.45, 2.75) is 22.8 Å². The summed E-state index contributed by atoms with van der Waals surface area (Å²) in [5.41, 5.74) is 5.31. The fourth-order valence-electron chi connectivity index (χ4n) is 1.95. The Balaban J connectivity index is 3.04. The first-order valence-electron chi connectivity index (χ1n) is 7.25. The third kappa shape index (κ3) is 5.94. The normalized spacial score (nSPS) is 16.1. The van der Waals surface area contributed by atoms with Crippen molar-refractivity contribution in [3.8, 4) is 0 Å². The van der Waals surface area contributed by atoms with Gasteiger partial charge in [-0.2, -0.15) is 0 Å². The van der Waals surface area contributed by atoms with Crippen LogP contribution in [0.1, 0.15) is 18.6 Å². The average molecular weight is 426 g/mol. The molecular formula is C15H18Cl2FN3O4S. The van der Waals surface area contributed by atoms with Crippen molar-refractivity contribution in [3.63, 3.8) is 0 Å². The van der Waals surface area contributed by atoms with E-state index in [9.17, 15) is 23.3 Å². The van der Waals surface area contributed by atoms with E-state index >= 15 is 0 Å². The lowest BCUT2D eigenvalue weighted by molar-refractivity contribution is -0.116. The van der Waals surface area contributed by atoms with E-state index in [1.54, 1.807) is 0 Å². The first-order valence-corrected chi connectivity index (χ1v) is 9.75. The Kier molecular flexibility index (Phi) is 8.48. The molecule has 144 valence electrons. The second-order valence-corrected chi connectivity index (χ2v) is 8.50. The molecular weight excluding hydrogens is 408 g/mol. The van der Waals surface area contributed by atoms with Gasteiger partial charge in [0.05, 0.1) is 28.4 Å². The number of benzene rings is 1. The smallest absolute Gasteiger partial charge is 0.323 e. The van der Waals surface area contributed by atoms with Crippen LogP contribution in [-0.4, -0.2) is 44.3 Å². The lowest BCUT2D eigenvalue weighted by atomic mass is 9.98. The number of urea groups is 1. The van der Waals surface area contributed by atoms with Crippen molar-refractivity contribution in [3.05, 3.63) is 29.8 Å². The number of halogens is 3. The summed E-state index contributed by atoms with van der Waals surface area (Å²) in [5, 5.41) is 11.5. The highest BCUT2D eigenvalue weighted by Crippen LogP contribution is 2.23. The average Bonchev–Trinajstić information content (AvgIpc) is 2.61. The molecule has 0 aliphatic heterocycles. The van der Waals surface area contributed by atoms with Gasteiger partial charge in [-0.25, -0.2) is 14.0 Å². The second-order valence-electron chi connectivity index (χ2n) is 5.05. The second kappa shape index (κ2) is 9.86. The zero-order chi connectivity index (χ0) is 19.9. The van der Waals surface area contributed by atoms with Gasteiger partial charge in [-0.05, 0) is 30.0 Å². The molecule has 0 fully saturated rings. The number of aliphatic imine (C=N–C) groups is 1. The molecule has 3 unspecified atom stereocenters. The fourth-order valence-corrected chi connectivity index (χ4v) is 3.41. The first kappa shape index (κ1) is 22.4. The molecule has 3 atom stereocenters.